The summed E-state index contributed by atoms with van der Waals surface area (Å²) in [5.74, 6) is -0.140. The van der Waals surface area contributed by atoms with Crippen molar-refractivity contribution in [2.45, 2.75) is 37.1 Å². The fraction of sp³-hybridized carbons (Fsp3) is 0.286. The molecule has 1 heterocycles. The van der Waals surface area contributed by atoms with Crippen LogP contribution in [0.15, 0.2) is 81.5 Å². The maximum absolute atomic E-state index is 13.4. The Bertz CT molecular complexity index is 1640. The van der Waals surface area contributed by atoms with Crippen LogP contribution in [0.5, 0.6) is 0 Å². The van der Waals surface area contributed by atoms with E-state index < -0.39 is 26.0 Å². The Morgan fingerprint density at radius 1 is 0.897 bits per heavy atom. The first-order chi connectivity index (χ1) is 18.4. The SMILES string of the molecule is CCN(CC)S(=O)(=O)c1cc(N2Cc3ccccc3C2=NC(=O)c2ccc(S(=O)(=O)N(C)C)cc2)ccc1C. The van der Waals surface area contributed by atoms with Crippen LogP contribution in [0.1, 0.15) is 40.9 Å². The number of aryl methyl sites for hydroxylation is 1. The second-order valence-electron chi connectivity index (χ2n) is 9.33. The van der Waals surface area contributed by atoms with Gasteiger partial charge in [-0.2, -0.15) is 9.30 Å². The predicted molar refractivity (Wildman–Crippen MR) is 152 cm³/mol. The normalized spacial score (nSPS) is 14.8. The number of amidine groups is 1. The minimum absolute atomic E-state index is 0.0751. The number of fused-ring (bicyclic) bond motifs is 1. The number of sulfonamides is 2. The van der Waals surface area contributed by atoms with Crippen molar-refractivity contribution >= 4 is 37.5 Å². The molecule has 0 aliphatic carbocycles. The standard InChI is InChI=1S/C28H32N4O5S2/c1-6-31(7-2)39(36,37)26-18-23(15-12-20(26)3)32-19-22-10-8-9-11-25(22)27(32)29-28(33)21-13-16-24(17-14-21)38(34,35)30(4)5/h8-18H,6-7,19H2,1-5H3. The van der Waals surface area contributed by atoms with Crippen LogP contribution >= 0.6 is 0 Å². The summed E-state index contributed by atoms with van der Waals surface area (Å²) in [6.07, 6.45) is 0. The smallest absolute Gasteiger partial charge is 0.278 e. The molecule has 9 nitrogen and oxygen atoms in total. The van der Waals surface area contributed by atoms with Gasteiger partial charge in [-0.1, -0.05) is 44.2 Å². The lowest BCUT2D eigenvalue weighted by atomic mass is 10.1. The lowest BCUT2D eigenvalue weighted by molar-refractivity contribution is 0.100. The molecule has 0 spiro atoms. The third-order valence-electron chi connectivity index (χ3n) is 6.74. The Balaban J connectivity index is 1.77. The summed E-state index contributed by atoms with van der Waals surface area (Å²) in [6, 6.07) is 18.4. The summed E-state index contributed by atoms with van der Waals surface area (Å²) >= 11 is 0. The van der Waals surface area contributed by atoms with Gasteiger partial charge < -0.3 is 4.90 Å². The first-order valence-corrected chi connectivity index (χ1v) is 15.4. The average Bonchev–Trinajstić information content (AvgIpc) is 3.27. The molecule has 3 aromatic rings. The van der Waals surface area contributed by atoms with Gasteiger partial charge in [0.05, 0.1) is 16.3 Å². The van der Waals surface area contributed by atoms with Gasteiger partial charge in [0.1, 0.15) is 5.84 Å². The molecule has 3 aromatic carbocycles. The van der Waals surface area contributed by atoms with Crippen molar-refractivity contribution in [2.24, 2.45) is 4.99 Å². The Morgan fingerprint density at radius 2 is 1.54 bits per heavy atom. The highest BCUT2D eigenvalue weighted by Crippen LogP contribution is 2.32. The van der Waals surface area contributed by atoms with Crippen LogP contribution < -0.4 is 4.90 Å². The third kappa shape index (κ3) is 5.40. The summed E-state index contributed by atoms with van der Waals surface area (Å²) < 4.78 is 54.0. The van der Waals surface area contributed by atoms with Gasteiger partial charge in [0.25, 0.3) is 5.91 Å². The van der Waals surface area contributed by atoms with Crippen molar-refractivity contribution in [1.29, 1.82) is 0 Å². The molecule has 0 saturated heterocycles. The Labute approximate surface area is 230 Å². The van der Waals surface area contributed by atoms with Crippen molar-refractivity contribution in [3.05, 3.63) is 89.0 Å². The van der Waals surface area contributed by atoms with Gasteiger partial charge in [-0.05, 0) is 54.4 Å². The molecular weight excluding hydrogens is 536 g/mol. The van der Waals surface area contributed by atoms with Crippen molar-refractivity contribution < 1.29 is 21.6 Å². The number of rotatable bonds is 8. The zero-order valence-corrected chi connectivity index (χ0v) is 24.3. The number of anilines is 1. The van der Waals surface area contributed by atoms with E-state index in [1.807, 2.05) is 35.2 Å². The van der Waals surface area contributed by atoms with Gasteiger partial charge in [0.15, 0.2) is 0 Å². The maximum atomic E-state index is 13.4. The number of carbonyl (C=O) groups excluding carboxylic acids is 1. The molecule has 0 atom stereocenters. The lowest BCUT2D eigenvalue weighted by Crippen LogP contribution is -2.31. The van der Waals surface area contributed by atoms with Gasteiger partial charge in [-0.3, -0.25) is 4.79 Å². The molecule has 4 rings (SSSR count). The Morgan fingerprint density at radius 3 is 2.15 bits per heavy atom. The van der Waals surface area contributed by atoms with Gasteiger partial charge in [-0.15, -0.1) is 0 Å². The summed E-state index contributed by atoms with van der Waals surface area (Å²) in [5, 5.41) is 0. The quantitative estimate of drug-likeness (QED) is 0.408. The van der Waals surface area contributed by atoms with Gasteiger partial charge in [0, 0.05) is 44.0 Å². The number of hydrogen-bond donors (Lipinski definition) is 0. The number of carbonyl (C=O) groups is 1. The van der Waals surface area contributed by atoms with E-state index in [0.717, 1.165) is 15.4 Å². The van der Waals surface area contributed by atoms with Crippen LogP contribution in [0, 0.1) is 6.92 Å². The van der Waals surface area contributed by atoms with E-state index in [0.29, 0.717) is 36.7 Å². The molecule has 0 aromatic heterocycles. The van der Waals surface area contributed by atoms with Gasteiger partial charge >= 0.3 is 0 Å². The Kier molecular flexibility index (Phi) is 8.08. The highest BCUT2D eigenvalue weighted by atomic mass is 32.2. The molecule has 1 amide bonds. The average molecular weight is 569 g/mol. The number of aliphatic imine (C=N–C) groups is 1. The number of benzene rings is 3. The summed E-state index contributed by atoms with van der Waals surface area (Å²) in [6.45, 7) is 6.49. The number of hydrogen-bond acceptors (Lipinski definition) is 5. The molecule has 0 saturated carbocycles. The van der Waals surface area contributed by atoms with Crippen LogP contribution in [-0.4, -0.2) is 64.4 Å². The first kappa shape index (κ1) is 28.6. The second kappa shape index (κ2) is 11.0. The van der Waals surface area contributed by atoms with Crippen molar-refractivity contribution in [3.8, 4) is 0 Å². The largest absolute Gasteiger partial charge is 0.321 e. The van der Waals surface area contributed by atoms with E-state index in [1.165, 1.54) is 42.7 Å². The molecule has 1 aliphatic rings. The van der Waals surface area contributed by atoms with E-state index in [-0.39, 0.29) is 15.4 Å². The van der Waals surface area contributed by atoms with E-state index in [4.69, 9.17) is 0 Å². The molecule has 1 aliphatic heterocycles. The zero-order valence-electron chi connectivity index (χ0n) is 22.6. The summed E-state index contributed by atoms with van der Waals surface area (Å²) in [4.78, 5) is 19.8. The van der Waals surface area contributed by atoms with E-state index in [9.17, 15) is 21.6 Å². The minimum Gasteiger partial charge on any atom is -0.321 e. The van der Waals surface area contributed by atoms with Gasteiger partial charge in [-0.25, -0.2) is 21.1 Å². The zero-order chi connectivity index (χ0) is 28.5. The molecule has 11 heteroatoms. The lowest BCUT2D eigenvalue weighted by Gasteiger charge is -2.23. The molecule has 0 fully saturated rings. The van der Waals surface area contributed by atoms with Crippen LogP contribution in [-0.2, 0) is 26.6 Å². The predicted octanol–water partition coefficient (Wildman–Crippen LogP) is 3.88. The van der Waals surface area contributed by atoms with Crippen molar-refractivity contribution in [2.75, 3.05) is 32.1 Å². The summed E-state index contributed by atoms with van der Waals surface area (Å²) in [5.41, 5.74) is 3.18. The molecule has 0 N–H and O–H groups in total. The molecule has 206 valence electrons. The highest BCUT2D eigenvalue weighted by Gasteiger charge is 2.30. The fourth-order valence-corrected chi connectivity index (χ4v) is 7.08. The molecule has 0 radical (unpaired) electrons. The fourth-order valence-electron chi connectivity index (χ4n) is 4.48. The van der Waals surface area contributed by atoms with E-state index >= 15 is 0 Å². The number of nitrogens with zero attached hydrogens (tertiary/aromatic N) is 4. The molecule has 0 bridgehead atoms. The van der Waals surface area contributed by atoms with Crippen LogP contribution in [0.4, 0.5) is 5.69 Å². The second-order valence-corrected chi connectivity index (χ2v) is 13.4. The molecular formula is C28H32N4O5S2. The van der Waals surface area contributed by atoms with Crippen molar-refractivity contribution in [3.63, 3.8) is 0 Å². The van der Waals surface area contributed by atoms with Crippen LogP contribution in [0.3, 0.4) is 0 Å². The minimum atomic E-state index is -3.71. The first-order valence-electron chi connectivity index (χ1n) is 12.5. The topological polar surface area (TPSA) is 107 Å². The third-order valence-corrected chi connectivity index (χ3v) is 10.8. The summed E-state index contributed by atoms with van der Waals surface area (Å²) in [7, 11) is -4.46. The maximum Gasteiger partial charge on any atom is 0.278 e. The Hall–Kier alpha value is -3.38. The number of amides is 1. The molecule has 39 heavy (non-hydrogen) atoms. The van der Waals surface area contributed by atoms with Crippen molar-refractivity contribution in [1.82, 2.24) is 8.61 Å². The van der Waals surface area contributed by atoms with E-state index in [1.54, 1.807) is 32.9 Å². The monoisotopic (exact) mass is 568 g/mol. The van der Waals surface area contributed by atoms with Crippen LogP contribution in [0.2, 0.25) is 0 Å². The highest BCUT2D eigenvalue weighted by molar-refractivity contribution is 7.89. The van der Waals surface area contributed by atoms with E-state index in [2.05, 4.69) is 4.99 Å². The molecule has 0 unspecified atom stereocenters. The van der Waals surface area contributed by atoms with Gasteiger partial charge in [0.2, 0.25) is 20.0 Å². The van der Waals surface area contributed by atoms with Crippen LogP contribution in [0.25, 0.3) is 0 Å².